The first-order chi connectivity index (χ1) is 10.0. The lowest BCUT2D eigenvalue weighted by molar-refractivity contribution is 0.795. The van der Waals surface area contributed by atoms with E-state index in [-0.39, 0.29) is 16.5 Å². The lowest BCUT2D eigenvalue weighted by atomic mass is 10.1. The zero-order valence-electron chi connectivity index (χ0n) is 11.1. The fourth-order valence-corrected chi connectivity index (χ4v) is 2.60. The fourth-order valence-electron chi connectivity index (χ4n) is 1.75. The van der Waals surface area contributed by atoms with Crippen LogP contribution in [0.1, 0.15) is 25.3 Å². The molecular weight excluding hydrogens is 354 g/mol. The Morgan fingerprint density at radius 3 is 2.24 bits per heavy atom. The number of nitrogens with one attached hydrogen (secondary N) is 1. The minimum atomic E-state index is -0.000662. The van der Waals surface area contributed by atoms with Crippen molar-refractivity contribution >= 4 is 58.0 Å². The smallest absolute Gasteiger partial charge is 0.232 e. The molecule has 112 valence electrons. The van der Waals surface area contributed by atoms with Crippen molar-refractivity contribution in [1.29, 1.82) is 0 Å². The Bertz CT molecular complexity index is 628. The van der Waals surface area contributed by atoms with E-state index in [1.54, 1.807) is 0 Å². The van der Waals surface area contributed by atoms with Crippen molar-refractivity contribution in [3.05, 3.63) is 38.3 Å². The summed E-state index contributed by atoms with van der Waals surface area (Å²) in [5, 5.41) is 3.87. The Balaban J connectivity index is 2.26. The fraction of sp³-hybridized carbons (Fsp3) is 0.308. The third-order valence-electron chi connectivity index (χ3n) is 2.79. The quantitative estimate of drug-likeness (QED) is 0.752. The Morgan fingerprint density at radius 1 is 0.952 bits per heavy atom. The normalized spacial score (nSPS) is 10.7. The van der Waals surface area contributed by atoms with Crippen LogP contribution >= 0.6 is 46.4 Å². The van der Waals surface area contributed by atoms with Gasteiger partial charge < -0.3 is 5.32 Å². The Hall–Kier alpha value is -0.810. The number of hydrogen-bond acceptors (Lipinski definition) is 4. The molecule has 0 radical (unpaired) electrons. The monoisotopic (exact) mass is 364 g/mol. The summed E-state index contributed by atoms with van der Waals surface area (Å²) in [6.07, 6.45) is 3.04. The van der Waals surface area contributed by atoms with Gasteiger partial charge in [0.25, 0.3) is 0 Å². The van der Waals surface area contributed by atoms with Crippen LogP contribution in [0.3, 0.4) is 0 Å². The van der Waals surface area contributed by atoms with E-state index in [4.69, 9.17) is 46.4 Å². The van der Waals surface area contributed by atoms with Crippen molar-refractivity contribution in [2.75, 3.05) is 5.32 Å². The topological polar surface area (TPSA) is 50.7 Å². The summed E-state index contributed by atoms with van der Waals surface area (Å²) in [6, 6.07) is 3.75. The molecule has 8 heteroatoms. The lowest BCUT2D eigenvalue weighted by Crippen LogP contribution is -2.01. The molecule has 0 bridgehead atoms. The number of unbranched alkanes of at least 4 members (excludes halogenated alkanes) is 1. The highest BCUT2D eigenvalue weighted by atomic mass is 35.5. The average molecular weight is 366 g/mol. The van der Waals surface area contributed by atoms with Crippen LogP contribution in [-0.2, 0) is 6.42 Å². The van der Waals surface area contributed by atoms with Gasteiger partial charge in [0, 0.05) is 0 Å². The first kappa shape index (κ1) is 16.6. The van der Waals surface area contributed by atoms with Gasteiger partial charge in [-0.1, -0.05) is 42.6 Å². The van der Waals surface area contributed by atoms with E-state index >= 15 is 0 Å². The molecule has 0 unspecified atom stereocenters. The van der Waals surface area contributed by atoms with E-state index < -0.39 is 0 Å². The molecule has 0 fully saturated rings. The number of rotatable bonds is 5. The molecule has 0 aliphatic carbocycles. The average Bonchev–Trinajstić information content (AvgIpc) is 2.42. The maximum Gasteiger partial charge on any atom is 0.232 e. The minimum absolute atomic E-state index is 0.000662. The zero-order chi connectivity index (χ0) is 15.4. The van der Waals surface area contributed by atoms with Gasteiger partial charge in [0.1, 0.15) is 0 Å². The summed E-state index contributed by atoms with van der Waals surface area (Å²) in [4.78, 5) is 11.5. The van der Waals surface area contributed by atoms with Gasteiger partial charge in [-0.25, -0.2) is 0 Å². The molecule has 0 spiro atoms. The molecule has 0 saturated carbocycles. The first-order valence-corrected chi connectivity index (χ1v) is 7.83. The van der Waals surface area contributed by atoms with E-state index in [1.807, 2.05) is 12.1 Å². The van der Waals surface area contributed by atoms with Gasteiger partial charge in [-0.3, -0.25) is 0 Å². The molecule has 1 heterocycles. The Morgan fingerprint density at radius 2 is 1.62 bits per heavy atom. The van der Waals surface area contributed by atoms with Crippen LogP contribution in [0.15, 0.2) is 12.1 Å². The largest absolute Gasteiger partial charge is 0.323 e. The van der Waals surface area contributed by atoms with E-state index in [2.05, 4.69) is 27.2 Å². The number of aromatic nitrogens is 3. The molecule has 21 heavy (non-hydrogen) atoms. The molecule has 0 atom stereocenters. The first-order valence-electron chi connectivity index (χ1n) is 6.32. The lowest BCUT2D eigenvalue weighted by Gasteiger charge is -2.11. The van der Waals surface area contributed by atoms with Gasteiger partial charge >= 0.3 is 0 Å². The second-order valence-corrected chi connectivity index (χ2v) is 5.76. The molecule has 2 rings (SSSR count). The molecular formula is C13H12Cl4N4. The second kappa shape index (κ2) is 7.45. The van der Waals surface area contributed by atoms with Crippen LogP contribution in [0.5, 0.6) is 0 Å². The highest BCUT2D eigenvalue weighted by molar-refractivity contribution is 6.44. The molecule has 2 aromatic rings. The zero-order valence-corrected chi connectivity index (χ0v) is 14.2. The van der Waals surface area contributed by atoms with Crippen LogP contribution in [0, 0.1) is 0 Å². The van der Waals surface area contributed by atoms with Crippen molar-refractivity contribution < 1.29 is 0 Å². The van der Waals surface area contributed by atoms with Crippen molar-refractivity contribution in [1.82, 2.24) is 15.0 Å². The van der Waals surface area contributed by atoms with Gasteiger partial charge in [-0.15, -0.1) is 0 Å². The number of anilines is 2. The summed E-state index contributed by atoms with van der Waals surface area (Å²) in [6.45, 7) is 2.12. The number of hydrogen-bond donors (Lipinski definition) is 1. The maximum absolute atomic E-state index is 6.29. The van der Waals surface area contributed by atoms with Gasteiger partial charge in [-0.05, 0) is 47.7 Å². The third kappa shape index (κ3) is 4.33. The molecule has 0 aliphatic rings. The van der Waals surface area contributed by atoms with Crippen molar-refractivity contribution in [3.8, 4) is 0 Å². The molecule has 0 saturated heterocycles. The number of nitrogens with zero attached hydrogens (tertiary/aromatic N) is 3. The summed E-state index contributed by atoms with van der Waals surface area (Å²) in [5.74, 6) is 0.208. The van der Waals surface area contributed by atoms with E-state index in [0.717, 1.165) is 24.8 Å². The molecule has 0 amide bonds. The summed E-state index contributed by atoms with van der Waals surface area (Å²) in [7, 11) is 0. The molecule has 0 aliphatic heterocycles. The number of aryl methyl sites for hydroxylation is 1. The van der Waals surface area contributed by atoms with Crippen LogP contribution in [0.25, 0.3) is 0 Å². The summed E-state index contributed by atoms with van der Waals surface area (Å²) < 4.78 is 0. The van der Waals surface area contributed by atoms with Gasteiger partial charge in [0.05, 0.1) is 15.7 Å². The standard InChI is InChI=1S/C13H12Cl4N4/c1-2-3-4-7-5-6-8(10(15)9(7)14)18-13-20-11(16)19-12(17)21-13/h5-6H,2-4H2,1H3,(H,18,19,20,21). The van der Waals surface area contributed by atoms with E-state index in [0.29, 0.717) is 15.7 Å². The highest BCUT2D eigenvalue weighted by Gasteiger charge is 2.12. The summed E-state index contributed by atoms with van der Waals surface area (Å²) >= 11 is 24.0. The van der Waals surface area contributed by atoms with E-state index in [1.165, 1.54) is 0 Å². The second-order valence-electron chi connectivity index (χ2n) is 4.33. The van der Waals surface area contributed by atoms with Crippen LogP contribution in [-0.4, -0.2) is 15.0 Å². The van der Waals surface area contributed by atoms with Gasteiger partial charge in [0.15, 0.2) is 0 Å². The predicted octanol–water partition coefficient (Wildman–Crippen LogP) is 5.57. The number of halogens is 4. The van der Waals surface area contributed by atoms with Crippen LogP contribution in [0.2, 0.25) is 20.6 Å². The molecule has 1 N–H and O–H groups in total. The molecule has 1 aromatic carbocycles. The Kier molecular flexibility index (Phi) is 5.88. The predicted molar refractivity (Wildman–Crippen MR) is 88.2 cm³/mol. The highest BCUT2D eigenvalue weighted by Crippen LogP contribution is 2.35. The SMILES string of the molecule is CCCCc1ccc(Nc2nc(Cl)nc(Cl)n2)c(Cl)c1Cl. The van der Waals surface area contributed by atoms with Crippen LogP contribution in [0.4, 0.5) is 11.6 Å². The van der Waals surface area contributed by atoms with Gasteiger partial charge in [0.2, 0.25) is 16.5 Å². The summed E-state index contributed by atoms with van der Waals surface area (Å²) in [5.41, 5.74) is 1.60. The maximum atomic E-state index is 6.29. The number of benzene rings is 1. The Labute approximate surface area is 142 Å². The van der Waals surface area contributed by atoms with Crippen molar-refractivity contribution in [2.24, 2.45) is 0 Å². The van der Waals surface area contributed by atoms with Gasteiger partial charge in [-0.2, -0.15) is 15.0 Å². The van der Waals surface area contributed by atoms with E-state index in [9.17, 15) is 0 Å². The van der Waals surface area contributed by atoms with Crippen molar-refractivity contribution in [3.63, 3.8) is 0 Å². The van der Waals surface area contributed by atoms with Crippen molar-refractivity contribution in [2.45, 2.75) is 26.2 Å². The molecule has 1 aromatic heterocycles. The van der Waals surface area contributed by atoms with Crippen LogP contribution < -0.4 is 5.32 Å². The minimum Gasteiger partial charge on any atom is -0.323 e. The third-order valence-corrected chi connectivity index (χ3v) is 4.05. The molecule has 4 nitrogen and oxygen atoms in total.